The number of benzene rings is 1. The van der Waals surface area contributed by atoms with Gasteiger partial charge in [-0.05, 0) is 44.5 Å². The summed E-state index contributed by atoms with van der Waals surface area (Å²) in [4.78, 5) is 24.4. The third-order valence-electron chi connectivity index (χ3n) is 5.56. The molecule has 2 aromatic rings. The predicted molar refractivity (Wildman–Crippen MR) is 100 cm³/mol. The number of H-pyrrole nitrogens is 1. The van der Waals surface area contributed by atoms with Crippen LogP contribution >= 0.6 is 0 Å². The van der Waals surface area contributed by atoms with Crippen molar-refractivity contribution in [2.24, 2.45) is 0 Å². The molecule has 2 aliphatic heterocycles. The average molecular weight is 357 g/mol. The van der Waals surface area contributed by atoms with Gasteiger partial charge in [-0.15, -0.1) is 0 Å². The fourth-order valence-electron chi connectivity index (χ4n) is 4.11. The number of urea groups is 1. The Bertz CT molecular complexity index is 783. The van der Waals surface area contributed by atoms with Crippen molar-refractivity contribution in [2.75, 3.05) is 32.7 Å². The van der Waals surface area contributed by atoms with E-state index in [1.807, 2.05) is 25.1 Å². The van der Waals surface area contributed by atoms with Crippen molar-refractivity contribution in [2.45, 2.75) is 38.3 Å². The summed E-state index contributed by atoms with van der Waals surface area (Å²) in [6, 6.07) is 6.06. The van der Waals surface area contributed by atoms with E-state index in [1.54, 1.807) is 4.90 Å². The molecule has 0 spiro atoms. The molecule has 26 heavy (non-hydrogen) atoms. The lowest BCUT2D eigenvalue weighted by molar-refractivity contribution is 0.0980. The fourth-order valence-corrected chi connectivity index (χ4v) is 4.11. The van der Waals surface area contributed by atoms with Crippen molar-refractivity contribution in [3.05, 3.63) is 29.6 Å². The van der Waals surface area contributed by atoms with Gasteiger partial charge in [-0.2, -0.15) is 0 Å². The SMILES string of the molecule is Cc1cccc2[nH]c(CCNC(=O)N3CC(O)C(N4CCCC4)C3)nc12. The molecule has 0 aliphatic carbocycles. The van der Waals surface area contributed by atoms with Crippen LogP contribution in [0.25, 0.3) is 11.0 Å². The molecule has 1 aromatic carbocycles. The molecule has 2 amide bonds. The number of hydrogen-bond acceptors (Lipinski definition) is 4. The number of aliphatic hydroxyl groups is 1. The lowest BCUT2D eigenvalue weighted by atomic mass is 10.2. The Morgan fingerprint density at radius 1 is 1.35 bits per heavy atom. The number of β-amino-alcohol motifs (C(OH)–C–C–N with tert-alkyl or cyclic N) is 1. The first-order chi connectivity index (χ1) is 12.6. The number of hydrogen-bond donors (Lipinski definition) is 3. The van der Waals surface area contributed by atoms with Crippen LogP contribution < -0.4 is 5.32 Å². The first kappa shape index (κ1) is 17.3. The number of aliphatic hydroxyl groups excluding tert-OH is 1. The maximum Gasteiger partial charge on any atom is 0.317 e. The zero-order valence-corrected chi connectivity index (χ0v) is 15.2. The van der Waals surface area contributed by atoms with E-state index in [2.05, 4.69) is 20.2 Å². The highest BCUT2D eigenvalue weighted by Crippen LogP contribution is 2.21. The number of aromatic nitrogens is 2. The van der Waals surface area contributed by atoms with Crippen LogP contribution in [0.2, 0.25) is 0 Å². The third kappa shape index (κ3) is 3.41. The van der Waals surface area contributed by atoms with Crippen LogP contribution in [0.4, 0.5) is 4.79 Å². The lowest BCUT2D eigenvalue weighted by Gasteiger charge is -2.25. The molecule has 7 nitrogen and oxygen atoms in total. The first-order valence-electron chi connectivity index (χ1n) is 9.51. The summed E-state index contributed by atoms with van der Waals surface area (Å²) in [6.45, 7) is 5.65. The van der Waals surface area contributed by atoms with Crippen molar-refractivity contribution < 1.29 is 9.90 Å². The number of nitrogens with zero attached hydrogens (tertiary/aromatic N) is 3. The van der Waals surface area contributed by atoms with E-state index in [9.17, 15) is 9.90 Å². The molecular formula is C19H27N5O2. The highest BCUT2D eigenvalue weighted by Gasteiger charge is 2.38. The second kappa shape index (κ2) is 7.25. The number of carbonyl (C=O) groups excluding carboxylic acids is 1. The number of carbonyl (C=O) groups is 1. The topological polar surface area (TPSA) is 84.5 Å². The maximum atomic E-state index is 12.4. The Kier molecular flexibility index (Phi) is 4.82. The summed E-state index contributed by atoms with van der Waals surface area (Å²) in [5, 5.41) is 13.3. The summed E-state index contributed by atoms with van der Waals surface area (Å²) >= 11 is 0. The number of aromatic amines is 1. The van der Waals surface area contributed by atoms with Gasteiger partial charge in [0.05, 0.1) is 23.2 Å². The Morgan fingerprint density at radius 3 is 2.92 bits per heavy atom. The summed E-state index contributed by atoms with van der Waals surface area (Å²) in [5.74, 6) is 0.881. The van der Waals surface area contributed by atoms with Crippen LogP contribution in [0.5, 0.6) is 0 Å². The number of fused-ring (bicyclic) bond motifs is 1. The van der Waals surface area contributed by atoms with Crippen molar-refractivity contribution in [1.29, 1.82) is 0 Å². The Labute approximate surface area is 153 Å². The van der Waals surface area contributed by atoms with Gasteiger partial charge in [-0.25, -0.2) is 9.78 Å². The van der Waals surface area contributed by atoms with Gasteiger partial charge in [-0.1, -0.05) is 12.1 Å². The van der Waals surface area contributed by atoms with Crippen molar-refractivity contribution in [3.8, 4) is 0 Å². The third-order valence-corrected chi connectivity index (χ3v) is 5.56. The second-order valence-electron chi connectivity index (χ2n) is 7.42. The Balaban J connectivity index is 1.29. The number of aryl methyl sites for hydroxylation is 1. The summed E-state index contributed by atoms with van der Waals surface area (Å²) in [7, 11) is 0. The minimum absolute atomic E-state index is 0.0848. The number of imidazole rings is 1. The molecule has 3 heterocycles. The summed E-state index contributed by atoms with van der Waals surface area (Å²) in [5.41, 5.74) is 3.17. The number of nitrogens with one attached hydrogen (secondary N) is 2. The van der Waals surface area contributed by atoms with Gasteiger partial charge in [0.2, 0.25) is 0 Å². The van der Waals surface area contributed by atoms with Gasteiger partial charge in [-0.3, -0.25) is 4.90 Å². The smallest absolute Gasteiger partial charge is 0.317 e. The second-order valence-corrected chi connectivity index (χ2v) is 7.42. The van der Waals surface area contributed by atoms with Gasteiger partial charge in [0.15, 0.2) is 0 Å². The molecule has 1 aromatic heterocycles. The fraction of sp³-hybridized carbons (Fsp3) is 0.579. The molecule has 7 heteroatoms. The normalized spacial score (nSPS) is 23.8. The van der Waals surface area contributed by atoms with Gasteiger partial charge in [0.25, 0.3) is 0 Å². The molecule has 140 valence electrons. The molecule has 2 aliphatic rings. The molecule has 0 radical (unpaired) electrons. The highest BCUT2D eigenvalue weighted by atomic mass is 16.3. The minimum atomic E-state index is -0.447. The molecule has 4 rings (SSSR count). The number of rotatable bonds is 4. The zero-order valence-electron chi connectivity index (χ0n) is 15.2. The van der Waals surface area contributed by atoms with Crippen molar-refractivity contribution in [3.63, 3.8) is 0 Å². The van der Waals surface area contributed by atoms with Crippen molar-refractivity contribution in [1.82, 2.24) is 25.1 Å². The average Bonchev–Trinajstić information content (AvgIpc) is 3.33. The van der Waals surface area contributed by atoms with E-state index < -0.39 is 6.10 Å². The molecule has 0 saturated carbocycles. The molecular weight excluding hydrogens is 330 g/mol. The van der Waals surface area contributed by atoms with Crippen LogP contribution in [0, 0.1) is 6.92 Å². The summed E-state index contributed by atoms with van der Waals surface area (Å²) in [6.07, 6.45) is 2.59. The molecule has 3 N–H and O–H groups in total. The minimum Gasteiger partial charge on any atom is -0.390 e. The van der Waals surface area contributed by atoms with Crippen LogP contribution in [0.1, 0.15) is 24.2 Å². The lowest BCUT2D eigenvalue weighted by Crippen LogP contribution is -2.43. The Hall–Kier alpha value is -2.12. The maximum absolute atomic E-state index is 12.4. The molecule has 2 unspecified atom stereocenters. The molecule has 2 saturated heterocycles. The number of amides is 2. The van der Waals surface area contributed by atoms with Crippen LogP contribution in [0.3, 0.4) is 0 Å². The monoisotopic (exact) mass is 357 g/mol. The highest BCUT2D eigenvalue weighted by molar-refractivity contribution is 5.78. The standard InChI is InChI=1S/C19H27N5O2/c1-13-5-4-6-14-18(13)22-17(21-14)7-8-20-19(26)24-11-15(16(25)12-24)23-9-2-3-10-23/h4-6,15-16,25H,2-3,7-12H2,1H3,(H,20,26)(H,21,22). The number of likely N-dealkylation sites (tertiary alicyclic amines) is 2. The van der Waals surface area contributed by atoms with E-state index in [0.717, 1.165) is 35.5 Å². The number of para-hydroxylation sites is 1. The predicted octanol–water partition coefficient (Wildman–Crippen LogP) is 1.26. The van der Waals surface area contributed by atoms with Gasteiger partial charge in [0, 0.05) is 26.1 Å². The van der Waals surface area contributed by atoms with Gasteiger partial charge in [0.1, 0.15) is 5.82 Å². The van der Waals surface area contributed by atoms with E-state index in [0.29, 0.717) is 26.1 Å². The quantitative estimate of drug-likeness (QED) is 0.769. The molecule has 0 bridgehead atoms. The largest absolute Gasteiger partial charge is 0.390 e. The zero-order chi connectivity index (χ0) is 18.1. The van der Waals surface area contributed by atoms with Crippen LogP contribution in [-0.4, -0.2) is 75.8 Å². The first-order valence-corrected chi connectivity index (χ1v) is 9.51. The summed E-state index contributed by atoms with van der Waals surface area (Å²) < 4.78 is 0. The van der Waals surface area contributed by atoms with Crippen LogP contribution in [0.15, 0.2) is 18.2 Å². The van der Waals surface area contributed by atoms with Gasteiger partial charge < -0.3 is 20.3 Å². The van der Waals surface area contributed by atoms with E-state index in [1.165, 1.54) is 12.8 Å². The van der Waals surface area contributed by atoms with E-state index in [-0.39, 0.29) is 12.1 Å². The Morgan fingerprint density at radius 2 is 2.15 bits per heavy atom. The van der Waals surface area contributed by atoms with Crippen LogP contribution in [-0.2, 0) is 6.42 Å². The van der Waals surface area contributed by atoms with Crippen molar-refractivity contribution >= 4 is 17.1 Å². The van der Waals surface area contributed by atoms with E-state index >= 15 is 0 Å². The van der Waals surface area contributed by atoms with Gasteiger partial charge >= 0.3 is 6.03 Å². The molecule has 2 fully saturated rings. The van der Waals surface area contributed by atoms with E-state index in [4.69, 9.17) is 0 Å². The molecule has 2 atom stereocenters.